The number of imidazole rings is 1. The van der Waals surface area contributed by atoms with Crippen LogP contribution in [-0.2, 0) is 34.2 Å². The van der Waals surface area contributed by atoms with E-state index in [1.165, 1.54) is 29.7 Å². The lowest BCUT2D eigenvalue weighted by atomic mass is 10.2. The zero-order valence-corrected chi connectivity index (χ0v) is 21.3. The van der Waals surface area contributed by atoms with Crippen molar-refractivity contribution in [1.29, 1.82) is 0 Å². The van der Waals surface area contributed by atoms with Crippen LogP contribution in [0.15, 0.2) is 23.1 Å². The van der Waals surface area contributed by atoms with Gasteiger partial charge in [0.15, 0.2) is 0 Å². The number of aromatic nitrogens is 4. The van der Waals surface area contributed by atoms with Crippen LogP contribution < -0.4 is 5.32 Å². The van der Waals surface area contributed by atoms with Gasteiger partial charge in [0.25, 0.3) is 0 Å². The minimum Gasteiger partial charge on any atom is -0.328 e. The van der Waals surface area contributed by atoms with Crippen molar-refractivity contribution in [3.8, 4) is 0 Å². The van der Waals surface area contributed by atoms with E-state index in [1.807, 2.05) is 0 Å². The maximum absolute atomic E-state index is 12.5. The molecule has 33 heavy (non-hydrogen) atoms. The van der Waals surface area contributed by atoms with Crippen LogP contribution in [0.5, 0.6) is 0 Å². The molecule has 0 saturated heterocycles. The van der Waals surface area contributed by atoms with Crippen molar-refractivity contribution in [1.82, 2.24) is 24.1 Å². The first-order valence-electron chi connectivity index (χ1n) is 11.3. The Morgan fingerprint density at radius 2 is 1.88 bits per heavy atom. The SMILES string of the molecule is CCCCc1nnc(NC(=O)CCc2nc3cc(S(=O)(=O)N(C)C)ccc3n2CCCC)s1. The van der Waals surface area contributed by atoms with Crippen molar-refractivity contribution >= 4 is 43.4 Å². The predicted octanol–water partition coefficient (Wildman–Crippen LogP) is 3.85. The first kappa shape index (κ1) is 25.3. The van der Waals surface area contributed by atoms with Gasteiger partial charge in [-0.25, -0.2) is 17.7 Å². The van der Waals surface area contributed by atoms with Crippen LogP contribution >= 0.6 is 11.3 Å². The topological polar surface area (TPSA) is 110 Å². The molecule has 9 nitrogen and oxygen atoms in total. The van der Waals surface area contributed by atoms with Gasteiger partial charge in [0.2, 0.25) is 21.1 Å². The van der Waals surface area contributed by atoms with E-state index in [0.717, 1.165) is 55.0 Å². The molecule has 0 unspecified atom stereocenters. The third-order valence-electron chi connectivity index (χ3n) is 5.35. The van der Waals surface area contributed by atoms with Crippen molar-refractivity contribution in [2.75, 3.05) is 19.4 Å². The van der Waals surface area contributed by atoms with Gasteiger partial charge in [-0.15, -0.1) is 10.2 Å². The Morgan fingerprint density at radius 3 is 2.58 bits per heavy atom. The highest BCUT2D eigenvalue weighted by Gasteiger charge is 2.20. The lowest BCUT2D eigenvalue weighted by Crippen LogP contribution is -2.22. The fourth-order valence-electron chi connectivity index (χ4n) is 3.43. The number of sulfonamides is 1. The Bertz CT molecular complexity index is 1200. The van der Waals surface area contributed by atoms with Gasteiger partial charge >= 0.3 is 0 Å². The van der Waals surface area contributed by atoms with E-state index in [1.54, 1.807) is 18.2 Å². The highest BCUT2D eigenvalue weighted by Crippen LogP contribution is 2.24. The molecule has 0 aliphatic heterocycles. The van der Waals surface area contributed by atoms with E-state index in [4.69, 9.17) is 4.98 Å². The highest BCUT2D eigenvalue weighted by atomic mass is 32.2. The molecule has 0 aliphatic rings. The maximum Gasteiger partial charge on any atom is 0.242 e. The van der Waals surface area contributed by atoms with Crippen molar-refractivity contribution in [2.45, 2.75) is 70.2 Å². The summed E-state index contributed by atoms with van der Waals surface area (Å²) in [5.74, 6) is 0.632. The molecule has 1 N–H and O–H groups in total. The minimum absolute atomic E-state index is 0.141. The number of benzene rings is 1. The summed E-state index contributed by atoms with van der Waals surface area (Å²) in [7, 11) is -0.529. The molecular weight excluding hydrogens is 460 g/mol. The molecule has 0 fully saturated rings. The second-order valence-electron chi connectivity index (χ2n) is 8.12. The van der Waals surface area contributed by atoms with E-state index in [0.29, 0.717) is 17.1 Å². The second-order valence-corrected chi connectivity index (χ2v) is 11.3. The molecule has 0 radical (unpaired) electrons. The van der Waals surface area contributed by atoms with Crippen LogP contribution in [0.25, 0.3) is 11.0 Å². The Labute approximate surface area is 199 Å². The van der Waals surface area contributed by atoms with E-state index < -0.39 is 10.0 Å². The summed E-state index contributed by atoms with van der Waals surface area (Å²) in [6, 6.07) is 5.02. The number of unbranched alkanes of at least 4 members (excludes halogenated alkanes) is 2. The van der Waals surface area contributed by atoms with E-state index in [-0.39, 0.29) is 17.2 Å². The molecule has 2 heterocycles. The van der Waals surface area contributed by atoms with Gasteiger partial charge in [0, 0.05) is 39.9 Å². The van der Waals surface area contributed by atoms with Crippen molar-refractivity contribution in [2.24, 2.45) is 0 Å². The number of nitrogens with zero attached hydrogens (tertiary/aromatic N) is 5. The summed E-state index contributed by atoms with van der Waals surface area (Å²) in [5.41, 5.74) is 1.50. The lowest BCUT2D eigenvalue weighted by Gasteiger charge is -2.11. The third kappa shape index (κ3) is 6.15. The number of carbonyl (C=O) groups is 1. The van der Waals surface area contributed by atoms with Crippen molar-refractivity contribution < 1.29 is 13.2 Å². The summed E-state index contributed by atoms with van der Waals surface area (Å²) in [5, 5.41) is 12.5. The molecule has 3 aromatic rings. The summed E-state index contributed by atoms with van der Waals surface area (Å²) < 4.78 is 28.3. The molecule has 0 aliphatic carbocycles. The van der Waals surface area contributed by atoms with Crippen LogP contribution in [-0.4, -0.2) is 52.5 Å². The summed E-state index contributed by atoms with van der Waals surface area (Å²) in [6.07, 6.45) is 5.69. The molecule has 0 atom stereocenters. The van der Waals surface area contributed by atoms with Crippen LogP contribution in [0.1, 0.15) is 56.8 Å². The number of nitrogens with one attached hydrogen (secondary N) is 1. The normalized spacial score (nSPS) is 12.0. The number of rotatable bonds is 12. The standard InChI is InChI=1S/C22H32N6O3S2/c1-5-7-9-21-25-26-22(32-21)24-20(29)13-12-19-23-17-15-16(33(30,31)27(3)4)10-11-18(17)28(19)14-8-6-2/h10-11,15H,5-9,12-14H2,1-4H3,(H,24,26,29). The lowest BCUT2D eigenvalue weighted by molar-refractivity contribution is -0.116. The number of amides is 1. The number of carbonyl (C=O) groups excluding carboxylic acids is 1. The van der Waals surface area contributed by atoms with Gasteiger partial charge < -0.3 is 9.88 Å². The number of fused-ring (bicyclic) bond motifs is 1. The molecule has 0 bridgehead atoms. The summed E-state index contributed by atoms with van der Waals surface area (Å²) >= 11 is 1.41. The van der Waals surface area contributed by atoms with Gasteiger partial charge in [-0.05, 0) is 31.0 Å². The first-order valence-corrected chi connectivity index (χ1v) is 13.6. The van der Waals surface area contributed by atoms with E-state index >= 15 is 0 Å². The molecule has 180 valence electrons. The van der Waals surface area contributed by atoms with Crippen LogP contribution in [0, 0.1) is 0 Å². The third-order valence-corrected chi connectivity index (χ3v) is 8.06. The zero-order valence-electron chi connectivity index (χ0n) is 19.7. The Morgan fingerprint density at radius 1 is 1.12 bits per heavy atom. The monoisotopic (exact) mass is 492 g/mol. The van der Waals surface area contributed by atoms with Gasteiger partial charge in [-0.1, -0.05) is 38.0 Å². The smallest absolute Gasteiger partial charge is 0.242 e. The van der Waals surface area contributed by atoms with Crippen LogP contribution in [0.4, 0.5) is 5.13 Å². The molecule has 3 rings (SSSR count). The minimum atomic E-state index is -3.55. The largest absolute Gasteiger partial charge is 0.328 e. The highest BCUT2D eigenvalue weighted by molar-refractivity contribution is 7.89. The predicted molar refractivity (Wildman–Crippen MR) is 131 cm³/mol. The number of hydrogen-bond acceptors (Lipinski definition) is 7. The molecule has 11 heteroatoms. The Kier molecular flexibility index (Phi) is 8.55. The molecule has 0 spiro atoms. The first-order chi connectivity index (χ1) is 15.8. The molecule has 0 saturated carbocycles. The fourth-order valence-corrected chi connectivity index (χ4v) is 5.15. The van der Waals surface area contributed by atoms with E-state index in [2.05, 4.69) is 33.9 Å². The number of anilines is 1. The van der Waals surface area contributed by atoms with Crippen molar-refractivity contribution in [3.05, 3.63) is 29.0 Å². The average Bonchev–Trinajstić information content (AvgIpc) is 3.37. The fraction of sp³-hybridized carbons (Fsp3) is 0.545. The van der Waals surface area contributed by atoms with E-state index in [9.17, 15) is 13.2 Å². The molecule has 1 amide bonds. The van der Waals surface area contributed by atoms with Crippen LogP contribution in [0.3, 0.4) is 0 Å². The van der Waals surface area contributed by atoms with Gasteiger partial charge in [0.1, 0.15) is 10.8 Å². The molecular formula is C22H32N6O3S2. The summed E-state index contributed by atoms with van der Waals surface area (Å²) in [6.45, 7) is 5.01. The van der Waals surface area contributed by atoms with Crippen molar-refractivity contribution in [3.63, 3.8) is 0 Å². The Hall–Kier alpha value is -2.37. The summed E-state index contributed by atoms with van der Waals surface area (Å²) in [4.78, 5) is 17.4. The number of hydrogen-bond donors (Lipinski definition) is 1. The molecule has 1 aromatic carbocycles. The van der Waals surface area contributed by atoms with Crippen LogP contribution in [0.2, 0.25) is 0 Å². The molecule has 2 aromatic heterocycles. The Balaban J connectivity index is 1.76. The zero-order chi connectivity index (χ0) is 24.0. The van der Waals surface area contributed by atoms with Gasteiger partial charge in [-0.3, -0.25) is 4.79 Å². The number of aryl methyl sites for hydroxylation is 3. The van der Waals surface area contributed by atoms with Gasteiger partial charge in [-0.2, -0.15) is 0 Å². The maximum atomic E-state index is 12.5. The van der Waals surface area contributed by atoms with Gasteiger partial charge in [0.05, 0.1) is 15.9 Å². The average molecular weight is 493 g/mol. The second kappa shape index (κ2) is 11.2. The quantitative estimate of drug-likeness (QED) is 0.411.